The second-order valence-electron chi connectivity index (χ2n) is 5.06. The van der Waals surface area contributed by atoms with E-state index in [9.17, 15) is 4.79 Å². The van der Waals surface area contributed by atoms with E-state index in [0.717, 1.165) is 24.5 Å². The maximum absolute atomic E-state index is 11.6. The van der Waals surface area contributed by atoms with Gasteiger partial charge in [0, 0.05) is 30.5 Å². The van der Waals surface area contributed by atoms with Crippen LogP contribution in [-0.4, -0.2) is 25.2 Å². The Kier molecular flexibility index (Phi) is 3.09. The molecule has 0 radical (unpaired) electrons. The zero-order chi connectivity index (χ0) is 12.4. The summed E-state index contributed by atoms with van der Waals surface area (Å²) in [4.78, 5) is 13.4. The molecule has 18 heavy (non-hydrogen) atoms. The molecule has 1 heterocycles. The Bertz CT molecular complexity index is 440. The van der Waals surface area contributed by atoms with Gasteiger partial charge in [0.2, 0.25) is 0 Å². The van der Waals surface area contributed by atoms with Gasteiger partial charge in [-0.2, -0.15) is 0 Å². The molecule has 1 saturated carbocycles. The van der Waals surface area contributed by atoms with Crippen molar-refractivity contribution in [2.45, 2.75) is 31.7 Å². The Morgan fingerprint density at radius 3 is 2.83 bits per heavy atom. The van der Waals surface area contributed by atoms with Gasteiger partial charge >= 0.3 is 6.03 Å². The molecule has 0 aromatic heterocycles. The van der Waals surface area contributed by atoms with E-state index in [1.807, 2.05) is 12.1 Å². The summed E-state index contributed by atoms with van der Waals surface area (Å²) in [7, 11) is 0. The molecular formula is C14H19N3O. The highest BCUT2D eigenvalue weighted by Crippen LogP contribution is 2.25. The Balaban J connectivity index is 1.73. The Morgan fingerprint density at radius 2 is 2.11 bits per heavy atom. The number of hydrogen-bond donors (Lipinski definition) is 2. The van der Waals surface area contributed by atoms with Gasteiger partial charge in [0.05, 0.1) is 0 Å². The summed E-state index contributed by atoms with van der Waals surface area (Å²) < 4.78 is 0. The van der Waals surface area contributed by atoms with Crippen molar-refractivity contribution in [3.05, 3.63) is 24.3 Å². The van der Waals surface area contributed by atoms with Crippen molar-refractivity contribution in [2.75, 3.05) is 23.3 Å². The first-order valence-electron chi connectivity index (χ1n) is 6.75. The minimum atomic E-state index is 0.00742. The van der Waals surface area contributed by atoms with Gasteiger partial charge in [-0.15, -0.1) is 0 Å². The number of urea groups is 1. The van der Waals surface area contributed by atoms with Gasteiger partial charge in [-0.3, -0.25) is 4.90 Å². The van der Waals surface area contributed by atoms with E-state index in [1.165, 1.54) is 25.7 Å². The van der Waals surface area contributed by atoms with Gasteiger partial charge in [0.25, 0.3) is 0 Å². The molecule has 0 bridgehead atoms. The lowest BCUT2D eigenvalue weighted by Crippen LogP contribution is -2.27. The monoisotopic (exact) mass is 245 g/mol. The van der Waals surface area contributed by atoms with Crippen molar-refractivity contribution in [1.82, 2.24) is 5.32 Å². The molecule has 1 aromatic carbocycles. The summed E-state index contributed by atoms with van der Waals surface area (Å²) in [5.74, 6) is 0. The van der Waals surface area contributed by atoms with Gasteiger partial charge < -0.3 is 10.6 Å². The van der Waals surface area contributed by atoms with Crippen LogP contribution in [0.25, 0.3) is 0 Å². The van der Waals surface area contributed by atoms with Crippen molar-refractivity contribution < 1.29 is 4.79 Å². The summed E-state index contributed by atoms with van der Waals surface area (Å²) >= 11 is 0. The number of nitrogens with zero attached hydrogens (tertiary/aromatic N) is 1. The summed E-state index contributed by atoms with van der Waals surface area (Å²) in [6.07, 6.45) is 5.17. The molecule has 0 unspecified atom stereocenters. The van der Waals surface area contributed by atoms with Crippen LogP contribution in [0.5, 0.6) is 0 Å². The van der Waals surface area contributed by atoms with Crippen LogP contribution in [0.4, 0.5) is 16.2 Å². The molecule has 2 N–H and O–H groups in total. The van der Waals surface area contributed by atoms with Crippen molar-refractivity contribution in [1.29, 1.82) is 0 Å². The average molecular weight is 245 g/mol. The standard InChI is InChI=1S/C14H19N3O/c18-14-15-8-9-17(14)13-7-3-6-12(10-13)16-11-4-1-2-5-11/h3,6-7,10-11,16H,1-2,4-5,8-9H2,(H,15,18). The van der Waals surface area contributed by atoms with Crippen molar-refractivity contribution >= 4 is 17.4 Å². The third-order valence-electron chi connectivity index (χ3n) is 3.74. The minimum Gasteiger partial charge on any atom is -0.382 e. The third kappa shape index (κ3) is 2.28. The maximum atomic E-state index is 11.6. The largest absolute Gasteiger partial charge is 0.382 e. The van der Waals surface area contributed by atoms with Gasteiger partial charge in [-0.1, -0.05) is 18.9 Å². The summed E-state index contributed by atoms with van der Waals surface area (Å²) in [5.41, 5.74) is 2.10. The quantitative estimate of drug-likeness (QED) is 0.859. The molecule has 1 aliphatic heterocycles. The van der Waals surface area contributed by atoms with Crippen LogP contribution in [0.2, 0.25) is 0 Å². The first kappa shape index (κ1) is 11.4. The highest BCUT2D eigenvalue weighted by molar-refractivity contribution is 5.94. The van der Waals surface area contributed by atoms with Crippen LogP contribution in [0.3, 0.4) is 0 Å². The first-order chi connectivity index (χ1) is 8.83. The molecule has 1 saturated heterocycles. The zero-order valence-electron chi connectivity index (χ0n) is 10.5. The Labute approximate surface area is 107 Å². The summed E-state index contributed by atoms with van der Waals surface area (Å²) in [5, 5.41) is 6.39. The number of carbonyl (C=O) groups is 1. The smallest absolute Gasteiger partial charge is 0.321 e. The highest BCUT2D eigenvalue weighted by Gasteiger charge is 2.21. The average Bonchev–Trinajstić information content (AvgIpc) is 3.01. The molecule has 0 atom stereocenters. The molecule has 1 aromatic rings. The number of hydrogen-bond acceptors (Lipinski definition) is 2. The van der Waals surface area contributed by atoms with E-state index >= 15 is 0 Å². The minimum absolute atomic E-state index is 0.00742. The van der Waals surface area contributed by atoms with E-state index in [2.05, 4.69) is 22.8 Å². The molecule has 96 valence electrons. The van der Waals surface area contributed by atoms with Crippen LogP contribution in [0.15, 0.2) is 24.3 Å². The van der Waals surface area contributed by atoms with Crippen molar-refractivity contribution in [3.63, 3.8) is 0 Å². The second kappa shape index (κ2) is 4.88. The maximum Gasteiger partial charge on any atom is 0.321 e. The molecule has 4 heteroatoms. The molecule has 2 fully saturated rings. The highest BCUT2D eigenvalue weighted by atomic mass is 16.2. The topological polar surface area (TPSA) is 44.4 Å². The first-order valence-corrected chi connectivity index (χ1v) is 6.75. The number of carbonyl (C=O) groups excluding carboxylic acids is 1. The van der Waals surface area contributed by atoms with E-state index < -0.39 is 0 Å². The predicted molar refractivity (Wildman–Crippen MR) is 73.1 cm³/mol. The Morgan fingerprint density at radius 1 is 1.28 bits per heavy atom. The van der Waals surface area contributed by atoms with Crippen LogP contribution in [-0.2, 0) is 0 Å². The number of amides is 2. The van der Waals surface area contributed by atoms with E-state index in [0.29, 0.717) is 6.04 Å². The third-order valence-corrected chi connectivity index (χ3v) is 3.74. The van der Waals surface area contributed by atoms with Gasteiger partial charge in [-0.05, 0) is 31.0 Å². The van der Waals surface area contributed by atoms with Gasteiger partial charge in [0.15, 0.2) is 0 Å². The van der Waals surface area contributed by atoms with Crippen LogP contribution >= 0.6 is 0 Å². The molecule has 3 rings (SSSR count). The Hall–Kier alpha value is -1.71. The lowest BCUT2D eigenvalue weighted by Gasteiger charge is -2.18. The SMILES string of the molecule is O=C1NCCN1c1cccc(NC2CCCC2)c1. The van der Waals surface area contributed by atoms with Crippen LogP contribution < -0.4 is 15.5 Å². The zero-order valence-corrected chi connectivity index (χ0v) is 10.5. The van der Waals surface area contributed by atoms with Gasteiger partial charge in [0.1, 0.15) is 0 Å². The van der Waals surface area contributed by atoms with Crippen LogP contribution in [0, 0.1) is 0 Å². The molecule has 1 aliphatic carbocycles. The van der Waals surface area contributed by atoms with Crippen molar-refractivity contribution in [2.24, 2.45) is 0 Å². The normalized spacial score (nSPS) is 20.2. The lowest BCUT2D eigenvalue weighted by atomic mass is 10.2. The fourth-order valence-electron chi connectivity index (χ4n) is 2.79. The van der Waals surface area contributed by atoms with Gasteiger partial charge in [-0.25, -0.2) is 4.79 Å². The van der Waals surface area contributed by atoms with E-state index in [1.54, 1.807) is 4.90 Å². The molecule has 2 amide bonds. The van der Waals surface area contributed by atoms with Crippen LogP contribution in [0.1, 0.15) is 25.7 Å². The number of benzene rings is 1. The number of anilines is 2. The number of rotatable bonds is 3. The molecular weight excluding hydrogens is 226 g/mol. The molecule has 4 nitrogen and oxygen atoms in total. The predicted octanol–water partition coefficient (Wildman–Crippen LogP) is 2.57. The van der Waals surface area contributed by atoms with E-state index in [4.69, 9.17) is 0 Å². The molecule has 0 spiro atoms. The van der Waals surface area contributed by atoms with E-state index in [-0.39, 0.29) is 6.03 Å². The van der Waals surface area contributed by atoms with Crippen molar-refractivity contribution in [3.8, 4) is 0 Å². The molecule has 2 aliphatic rings. The summed E-state index contributed by atoms with van der Waals surface area (Å²) in [6.45, 7) is 1.49. The fraction of sp³-hybridized carbons (Fsp3) is 0.500. The fourth-order valence-corrected chi connectivity index (χ4v) is 2.79. The second-order valence-corrected chi connectivity index (χ2v) is 5.06. The number of nitrogens with one attached hydrogen (secondary N) is 2. The lowest BCUT2D eigenvalue weighted by molar-refractivity contribution is 0.252. The summed E-state index contributed by atoms with van der Waals surface area (Å²) in [6, 6.07) is 8.77.